The van der Waals surface area contributed by atoms with Crippen LogP contribution in [0.5, 0.6) is 0 Å². The highest BCUT2D eigenvalue weighted by Gasteiger charge is 2.17. The molecular weight excluding hydrogens is 390 g/mol. The molecule has 7 nitrogen and oxygen atoms in total. The number of benzene rings is 2. The minimum absolute atomic E-state index is 0.0555. The minimum atomic E-state index is -3.77. The maximum absolute atomic E-state index is 12.7. The van der Waals surface area contributed by atoms with Crippen molar-refractivity contribution in [3.05, 3.63) is 59.7 Å². The summed E-state index contributed by atoms with van der Waals surface area (Å²) in [5.41, 5.74) is 1.77. The van der Waals surface area contributed by atoms with E-state index in [9.17, 15) is 13.2 Å². The summed E-state index contributed by atoms with van der Waals surface area (Å²) < 4.78 is 33.2. The lowest BCUT2D eigenvalue weighted by Gasteiger charge is -2.26. The molecule has 1 aliphatic heterocycles. The first-order chi connectivity index (χ1) is 13.9. The van der Waals surface area contributed by atoms with E-state index in [2.05, 4.69) is 14.9 Å². The predicted molar refractivity (Wildman–Crippen MR) is 113 cm³/mol. The van der Waals surface area contributed by atoms with E-state index < -0.39 is 10.0 Å². The standard InChI is InChI=1S/C21H27N3O4S/c1-17-5-2-7-19(15-17)23-29(26,27)20-8-3-6-18(16-20)21(25)22-9-4-10-24-11-13-28-14-12-24/h2-3,5-8,15-16,23H,4,9-14H2,1H3,(H,22,25). The lowest BCUT2D eigenvalue weighted by Crippen LogP contribution is -2.38. The second-order valence-electron chi connectivity index (χ2n) is 7.07. The number of sulfonamides is 1. The molecule has 2 N–H and O–H groups in total. The Morgan fingerprint density at radius 1 is 1.10 bits per heavy atom. The van der Waals surface area contributed by atoms with Crippen molar-refractivity contribution in [2.75, 3.05) is 44.1 Å². The van der Waals surface area contributed by atoms with Crippen molar-refractivity contribution < 1.29 is 17.9 Å². The number of amides is 1. The normalized spacial score (nSPS) is 15.1. The molecule has 0 saturated carbocycles. The van der Waals surface area contributed by atoms with Crippen molar-refractivity contribution in [1.82, 2.24) is 10.2 Å². The Morgan fingerprint density at radius 2 is 1.86 bits per heavy atom. The number of ether oxygens (including phenoxy) is 1. The molecule has 1 amide bonds. The number of nitrogens with zero attached hydrogens (tertiary/aromatic N) is 1. The van der Waals surface area contributed by atoms with Gasteiger partial charge in [-0.1, -0.05) is 18.2 Å². The van der Waals surface area contributed by atoms with Gasteiger partial charge in [-0.2, -0.15) is 0 Å². The molecule has 2 aromatic rings. The zero-order valence-electron chi connectivity index (χ0n) is 16.6. The Balaban J connectivity index is 1.57. The maximum Gasteiger partial charge on any atom is 0.261 e. The van der Waals surface area contributed by atoms with Gasteiger partial charge < -0.3 is 10.1 Å². The summed E-state index contributed by atoms with van der Waals surface area (Å²) in [5, 5.41) is 2.86. The number of morpholine rings is 1. The maximum atomic E-state index is 12.7. The number of anilines is 1. The van der Waals surface area contributed by atoms with Gasteiger partial charge in [-0.05, 0) is 55.8 Å². The summed E-state index contributed by atoms with van der Waals surface area (Å²) in [6.45, 7) is 6.67. The second-order valence-corrected chi connectivity index (χ2v) is 8.75. The van der Waals surface area contributed by atoms with E-state index in [1.165, 1.54) is 12.1 Å². The summed E-state index contributed by atoms with van der Waals surface area (Å²) in [7, 11) is -3.77. The van der Waals surface area contributed by atoms with E-state index in [0.29, 0.717) is 17.8 Å². The van der Waals surface area contributed by atoms with E-state index >= 15 is 0 Å². The largest absolute Gasteiger partial charge is 0.379 e. The Labute approximate surface area is 172 Å². The number of carbonyl (C=O) groups is 1. The summed E-state index contributed by atoms with van der Waals surface area (Å²) in [6, 6.07) is 13.2. The molecular formula is C21H27N3O4S. The molecule has 156 valence electrons. The average molecular weight is 418 g/mol. The first kappa shape index (κ1) is 21.3. The molecule has 1 aliphatic rings. The second kappa shape index (κ2) is 9.87. The molecule has 1 heterocycles. The van der Waals surface area contributed by atoms with Crippen LogP contribution < -0.4 is 10.0 Å². The zero-order chi connectivity index (χ0) is 20.7. The minimum Gasteiger partial charge on any atom is -0.379 e. The molecule has 29 heavy (non-hydrogen) atoms. The first-order valence-corrected chi connectivity index (χ1v) is 11.2. The average Bonchev–Trinajstić information content (AvgIpc) is 2.71. The van der Waals surface area contributed by atoms with E-state index in [1.54, 1.807) is 30.3 Å². The van der Waals surface area contributed by atoms with Gasteiger partial charge in [-0.25, -0.2) is 8.42 Å². The SMILES string of the molecule is Cc1cccc(NS(=O)(=O)c2cccc(C(=O)NCCCN3CCOCC3)c2)c1. The van der Waals surface area contributed by atoms with Crippen LogP contribution in [-0.2, 0) is 14.8 Å². The third-order valence-electron chi connectivity index (χ3n) is 4.72. The van der Waals surface area contributed by atoms with Gasteiger partial charge in [0.1, 0.15) is 0 Å². The third-order valence-corrected chi connectivity index (χ3v) is 6.10. The van der Waals surface area contributed by atoms with Crippen LogP contribution >= 0.6 is 0 Å². The number of hydrogen-bond donors (Lipinski definition) is 2. The number of rotatable bonds is 8. The van der Waals surface area contributed by atoms with Crippen LogP contribution in [0.15, 0.2) is 53.4 Å². The van der Waals surface area contributed by atoms with Crippen LogP contribution in [0.3, 0.4) is 0 Å². The van der Waals surface area contributed by atoms with Crippen LogP contribution in [-0.4, -0.2) is 58.6 Å². The van der Waals surface area contributed by atoms with Gasteiger partial charge >= 0.3 is 0 Å². The van der Waals surface area contributed by atoms with Crippen molar-refractivity contribution in [2.24, 2.45) is 0 Å². The molecule has 0 aliphatic carbocycles. The Hall–Kier alpha value is -2.42. The molecule has 0 atom stereocenters. The fourth-order valence-corrected chi connectivity index (χ4v) is 4.25. The zero-order valence-corrected chi connectivity index (χ0v) is 17.4. The summed E-state index contributed by atoms with van der Waals surface area (Å²) in [6.07, 6.45) is 0.832. The number of aryl methyl sites for hydroxylation is 1. The fraction of sp³-hybridized carbons (Fsp3) is 0.381. The molecule has 2 aromatic carbocycles. The van der Waals surface area contributed by atoms with Gasteiger partial charge in [-0.15, -0.1) is 0 Å². The molecule has 8 heteroatoms. The number of hydrogen-bond acceptors (Lipinski definition) is 5. The topological polar surface area (TPSA) is 87.7 Å². The number of nitrogens with one attached hydrogen (secondary N) is 2. The Morgan fingerprint density at radius 3 is 2.62 bits per heavy atom. The van der Waals surface area contributed by atoms with Gasteiger partial charge in [0.2, 0.25) is 0 Å². The summed E-state index contributed by atoms with van der Waals surface area (Å²) in [4.78, 5) is 14.8. The Kier molecular flexibility index (Phi) is 7.24. The van der Waals surface area contributed by atoms with E-state index in [4.69, 9.17) is 4.74 Å². The van der Waals surface area contributed by atoms with E-state index in [1.807, 2.05) is 13.0 Å². The van der Waals surface area contributed by atoms with Crippen molar-refractivity contribution in [1.29, 1.82) is 0 Å². The van der Waals surface area contributed by atoms with Crippen LogP contribution in [0.25, 0.3) is 0 Å². The molecule has 0 radical (unpaired) electrons. The van der Waals surface area contributed by atoms with Crippen molar-refractivity contribution in [2.45, 2.75) is 18.2 Å². The molecule has 0 unspecified atom stereocenters. The van der Waals surface area contributed by atoms with Crippen LogP contribution in [0, 0.1) is 6.92 Å². The van der Waals surface area contributed by atoms with Gasteiger partial charge in [0.05, 0.1) is 18.1 Å². The van der Waals surface area contributed by atoms with E-state index in [0.717, 1.165) is 44.8 Å². The van der Waals surface area contributed by atoms with Gasteiger partial charge in [0.15, 0.2) is 0 Å². The summed E-state index contributed by atoms with van der Waals surface area (Å²) >= 11 is 0. The van der Waals surface area contributed by atoms with E-state index in [-0.39, 0.29) is 10.8 Å². The molecule has 1 saturated heterocycles. The van der Waals surface area contributed by atoms with Crippen molar-refractivity contribution >= 4 is 21.6 Å². The van der Waals surface area contributed by atoms with Gasteiger partial charge in [0.25, 0.3) is 15.9 Å². The van der Waals surface area contributed by atoms with Crippen LogP contribution in [0.1, 0.15) is 22.3 Å². The first-order valence-electron chi connectivity index (χ1n) is 9.72. The quantitative estimate of drug-likeness (QED) is 0.643. The van der Waals surface area contributed by atoms with Crippen molar-refractivity contribution in [3.63, 3.8) is 0 Å². The van der Waals surface area contributed by atoms with Crippen molar-refractivity contribution in [3.8, 4) is 0 Å². The fourth-order valence-electron chi connectivity index (χ4n) is 3.16. The Bertz CT molecular complexity index is 940. The highest BCUT2D eigenvalue weighted by atomic mass is 32.2. The van der Waals surface area contributed by atoms with Crippen LogP contribution in [0.2, 0.25) is 0 Å². The highest BCUT2D eigenvalue weighted by Crippen LogP contribution is 2.18. The molecule has 1 fully saturated rings. The van der Waals surface area contributed by atoms with Crippen LogP contribution in [0.4, 0.5) is 5.69 Å². The summed E-state index contributed by atoms with van der Waals surface area (Å²) in [5.74, 6) is -0.278. The highest BCUT2D eigenvalue weighted by molar-refractivity contribution is 7.92. The van der Waals surface area contributed by atoms with Gasteiger partial charge in [0, 0.05) is 30.9 Å². The monoisotopic (exact) mass is 417 g/mol. The lowest BCUT2D eigenvalue weighted by atomic mass is 10.2. The number of carbonyl (C=O) groups excluding carboxylic acids is 1. The lowest BCUT2D eigenvalue weighted by molar-refractivity contribution is 0.0374. The van der Waals surface area contributed by atoms with Gasteiger partial charge in [-0.3, -0.25) is 14.4 Å². The third kappa shape index (κ3) is 6.28. The predicted octanol–water partition coefficient (Wildman–Crippen LogP) is 2.25. The molecule has 0 spiro atoms. The molecule has 0 aromatic heterocycles. The smallest absolute Gasteiger partial charge is 0.261 e. The molecule has 0 bridgehead atoms. The molecule has 3 rings (SSSR count).